The van der Waals surface area contributed by atoms with E-state index < -0.39 is 0 Å². The number of aromatic nitrogens is 4. The van der Waals surface area contributed by atoms with Crippen molar-refractivity contribution < 1.29 is 4.79 Å². The lowest BCUT2D eigenvalue weighted by atomic mass is 9.89. The minimum absolute atomic E-state index is 0.0419. The van der Waals surface area contributed by atoms with Gasteiger partial charge >= 0.3 is 0 Å². The lowest BCUT2D eigenvalue weighted by Crippen LogP contribution is -2.36. The van der Waals surface area contributed by atoms with Crippen LogP contribution in [0.2, 0.25) is 0 Å². The number of hydrogen-bond acceptors (Lipinski definition) is 3. The average molecular weight is 363 g/mol. The highest BCUT2D eigenvalue weighted by Gasteiger charge is 2.29. The van der Waals surface area contributed by atoms with Crippen LogP contribution in [0.4, 0.5) is 0 Å². The van der Waals surface area contributed by atoms with Crippen molar-refractivity contribution in [1.29, 1.82) is 0 Å². The zero-order chi connectivity index (χ0) is 18.8. The largest absolute Gasteiger partial charge is 0.334 e. The minimum Gasteiger partial charge on any atom is -0.334 e. The fraction of sp³-hybridized carbons (Fsp3) is 0.381. The first-order chi connectivity index (χ1) is 13.2. The molecule has 0 saturated heterocycles. The Bertz CT molecular complexity index is 927. The lowest BCUT2D eigenvalue weighted by Gasteiger charge is -2.28. The number of nitrogens with one attached hydrogen (secondary N) is 1. The molecule has 27 heavy (non-hydrogen) atoms. The molecule has 6 heteroatoms. The number of nitrogens with zero attached hydrogens (tertiary/aromatic N) is 4. The van der Waals surface area contributed by atoms with Crippen LogP contribution < -0.4 is 0 Å². The van der Waals surface area contributed by atoms with E-state index in [-0.39, 0.29) is 11.8 Å². The van der Waals surface area contributed by atoms with Crippen LogP contribution >= 0.6 is 0 Å². The van der Waals surface area contributed by atoms with Crippen molar-refractivity contribution in [3.8, 4) is 0 Å². The molecule has 1 aliphatic heterocycles. The Morgan fingerprint density at radius 1 is 1.26 bits per heavy atom. The maximum Gasteiger partial charge on any atom is 0.257 e. The monoisotopic (exact) mass is 363 g/mol. The molecule has 140 valence electrons. The topological polar surface area (TPSA) is 66.8 Å². The van der Waals surface area contributed by atoms with Crippen LogP contribution in [0.5, 0.6) is 0 Å². The Balaban J connectivity index is 1.61. The van der Waals surface area contributed by atoms with E-state index in [4.69, 9.17) is 0 Å². The highest BCUT2D eigenvalue weighted by molar-refractivity contribution is 5.93. The lowest BCUT2D eigenvalue weighted by molar-refractivity contribution is 0.0733. The van der Waals surface area contributed by atoms with E-state index in [0.717, 1.165) is 30.8 Å². The van der Waals surface area contributed by atoms with Crippen LogP contribution in [0.1, 0.15) is 59.1 Å². The number of carbonyl (C=O) groups excluding carboxylic acids is 1. The molecule has 1 N–H and O–H groups in total. The summed E-state index contributed by atoms with van der Waals surface area (Å²) < 4.78 is 1.79. The summed E-state index contributed by atoms with van der Waals surface area (Å²) in [5.74, 6) is 0.282. The molecule has 0 saturated carbocycles. The number of H-pyrrole nitrogens is 1. The predicted octanol–water partition coefficient (Wildman–Crippen LogP) is 3.37. The zero-order valence-electron chi connectivity index (χ0n) is 15.9. The summed E-state index contributed by atoms with van der Waals surface area (Å²) in [5.41, 5.74) is 5.32. The van der Waals surface area contributed by atoms with Gasteiger partial charge in [-0.2, -0.15) is 10.2 Å². The summed E-state index contributed by atoms with van der Waals surface area (Å²) in [4.78, 5) is 14.8. The Morgan fingerprint density at radius 2 is 2.07 bits per heavy atom. The third-order valence-electron chi connectivity index (χ3n) is 5.40. The SMILES string of the molecule is CCC(c1ccccc1)c1n[nH]c2c1CN(C(=O)c1cnn(CC)c1)CC2. The number of aromatic amines is 1. The van der Waals surface area contributed by atoms with Crippen molar-refractivity contribution in [2.75, 3.05) is 6.54 Å². The molecule has 1 amide bonds. The summed E-state index contributed by atoms with van der Waals surface area (Å²) in [5, 5.41) is 12.1. The summed E-state index contributed by atoms with van der Waals surface area (Å²) in [6, 6.07) is 10.5. The molecule has 3 heterocycles. The molecule has 0 radical (unpaired) electrons. The molecule has 1 unspecified atom stereocenters. The smallest absolute Gasteiger partial charge is 0.257 e. The van der Waals surface area contributed by atoms with Gasteiger partial charge in [0.05, 0.1) is 17.5 Å². The Morgan fingerprint density at radius 3 is 2.78 bits per heavy atom. The Hall–Kier alpha value is -2.89. The zero-order valence-corrected chi connectivity index (χ0v) is 15.9. The van der Waals surface area contributed by atoms with Crippen molar-refractivity contribution in [3.63, 3.8) is 0 Å². The first kappa shape index (κ1) is 17.5. The molecule has 2 aromatic heterocycles. The number of carbonyl (C=O) groups is 1. The maximum absolute atomic E-state index is 12.9. The number of fused-ring (bicyclic) bond motifs is 1. The van der Waals surface area contributed by atoms with Crippen molar-refractivity contribution in [3.05, 3.63) is 70.8 Å². The van der Waals surface area contributed by atoms with E-state index in [9.17, 15) is 4.79 Å². The van der Waals surface area contributed by atoms with Gasteiger partial charge in [0.2, 0.25) is 0 Å². The number of benzene rings is 1. The van der Waals surface area contributed by atoms with E-state index >= 15 is 0 Å². The van der Waals surface area contributed by atoms with Crippen LogP contribution in [-0.4, -0.2) is 37.3 Å². The van der Waals surface area contributed by atoms with Crippen molar-refractivity contribution in [2.24, 2.45) is 0 Å². The second kappa shape index (κ2) is 7.39. The predicted molar refractivity (Wildman–Crippen MR) is 104 cm³/mol. The van der Waals surface area contributed by atoms with Gasteiger partial charge in [0.1, 0.15) is 0 Å². The van der Waals surface area contributed by atoms with Gasteiger partial charge in [0.25, 0.3) is 5.91 Å². The number of rotatable bonds is 5. The second-order valence-corrected chi connectivity index (χ2v) is 7.00. The Labute approximate surface area is 159 Å². The van der Waals surface area contributed by atoms with Gasteiger partial charge in [-0.05, 0) is 18.9 Å². The fourth-order valence-corrected chi connectivity index (χ4v) is 3.88. The van der Waals surface area contributed by atoms with Crippen LogP contribution in [0.25, 0.3) is 0 Å². The molecule has 1 atom stereocenters. The standard InChI is InChI=1S/C21H25N5O/c1-3-17(15-8-6-5-7-9-15)20-18-14-25(11-10-19(18)23-24-20)21(27)16-12-22-26(4-2)13-16/h5-9,12-13,17H,3-4,10-11,14H2,1-2H3,(H,23,24). The van der Waals surface area contributed by atoms with Crippen molar-refractivity contribution >= 4 is 5.91 Å². The molecule has 1 aromatic carbocycles. The van der Waals surface area contributed by atoms with E-state index in [1.54, 1.807) is 10.9 Å². The van der Waals surface area contributed by atoms with Gasteiger partial charge in [0, 0.05) is 49.4 Å². The second-order valence-electron chi connectivity index (χ2n) is 7.00. The number of amides is 1. The summed E-state index contributed by atoms with van der Waals surface area (Å²) in [7, 11) is 0. The molecule has 0 fully saturated rings. The van der Waals surface area contributed by atoms with Gasteiger partial charge < -0.3 is 4.90 Å². The van der Waals surface area contributed by atoms with Gasteiger partial charge in [-0.25, -0.2) is 0 Å². The molecule has 0 bridgehead atoms. The van der Waals surface area contributed by atoms with Crippen LogP contribution in [-0.2, 0) is 19.5 Å². The van der Waals surface area contributed by atoms with Crippen LogP contribution in [0.15, 0.2) is 42.7 Å². The third-order valence-corrected chi connectivity index (χ3v) is 5.40. The Kier molecular flexibility index (Phi) is 4.79. The first-order valence-corrected chi connectivity index (χ1v) is 9.63. The minimum atomic E-state index is 0.0419. The van der Waals surface area contributed by atoms with Gasteiger partial charge in [-0.15, -0.1) is 0 Å². The van der Waals surface area contributed by atoms with Gasteiger partial charge in [0.15, 0.2) is 0 Å². The molecule has 3 aromatic rings. The quantitative estimate of drug-likeness (QED) is 0.756. The highest BCUT2D eigenvalue weighted by Crippen LogP contribution is 2.32. The summed E-state index contributed by atoms with van der Waals surface area (Å²) in [6.07, 6.45) is 5.27. The van der Waals surface area contributed by atoms with Crippen LogP contribution in [0, 0.1) is 0 Å². The third kappa shape index (κ3) is 3.27. The average Bonchev–Trinajstić information content (AvgIpc) is 3.36. The number of aryl methyl sites for hydroxylation is 1. The van der Waals surface area contributed by atoms with E-state index in [0.29, 0.717) is 18.7 Å². The van der Waals surface area contributed by atoms with Crippen molar-refractivity contribution in [2.45, 2.75) is 45.7 Å². The maximum atomic E-state index is 12.9. The molecule has 0 spiro atoms. The van der Waals surface area contributed by atoms with E-state index in [1.807, 2.05) is 24.1 Å². The fourth-order valence-electron chi connectivity index (χ4n) is 3.88. The van der Waals surface area contributed by atoms with E-state index in [1.165, 1.54) is 11.1 Å². The molecule has 4 rings (SSSR count). The van der Waals surface area contributed by atoms with Crippen LogP contribution in [0.3, 0.4) is 0 Å². The molecule has 0 aliphatic carbocycles. The van der Waals surface area contributed by atoms with Gasteiger partial charge in [-0.1, -0.05) is 37.3 Å². The molecular formula is C21H25N5O. The van der Waals surface area contributed by atoms with E-state index in [2.05, 4.69) is 46.5 Å². The molecule has 6 nitrogen and oxygen atoms in total. The van der Waals surface area contributed by atoms with Gasteiger partial charge in [-0.3, -0.25) is 14.6 Å². The molecular weight excluding hydrogens is 338 g/mol. The normalized spacial score (nSPS) is 14.8. The number of hydrogen-bond donors (Lipinski definition) is 1. The summed E-state index contributed by atoms with van der Waals surface area (Å²) in [6.45, 7) is 6.26. The first-order valence-electron chi connectivity index (χ1n) is 9.63. The highest BCUT2D eigenvalue weighted by atomic mass is 16.2. The summed E-state index contributed by atoms with van der Waals surface area (Å²) >= 11 is 0. The van der Waals surface area contributed by atoms with Crippen molar-refractivity contribution in [1.82, 2.24) is 24.9 Å². The molecule has 1 aliphatic rings.